The van der Waals surface area contributed by atoms with E-state index in [2.05, 4.69) is 21.7 Å². The maximum absolute atomic E-state index is 14.9. The molecule has 2 aromatic heterocycles. The molecule has 7 nitrogen and oxygen atoms in total. The van der Waals surface area contributed by atoms with Gasteiger partial charge in [0.2, 0.25) is 5.71 Å². The Morgan fingerprint density at radius 3 is 2.33 bits per heavy atom. The van der Waals surface area contributed by atoms with Gasteiger partial charge in [-0.1, -0.05) is 0 Å². The quantitative estimate of drug-likeness (QED) is 0.220. The van der Waals surface area contributed by atoms with E-state index < -0.39 is 48.0 Å². The van der Waals surface area contributed by atoms with Gasteiger partial charge in [-0.3, -0.25) is 9.59 Å². The number of rotatable bonds is 8. The van der Waals surface area contributed by atoms with Crippen molar-refractivity contribution in [2.75, 3.05) is 7.05 Å². The number of furan rings is 1. The van der Waals surface area contributed by atoms with Crippen LogP contribution in [-0.4, -0.2) is 35.6 Å². The highest BCUT2D eigenvalue weighted by molar-refractivity contribution is 6.11. The number of hydrogen-bond acceptors (Lipinski definition) is 5. The Bertz CT molecular complexity index is 1770. The fourth-order valence-corrected chi connectivity index (χ4v) is 4.98. The molecule has 1 fully saturated rings. The zero-order chi connectivity index (χ0) is 31.1. The van der Waals surface area contributed by atoms with Gasteiger partial charge in [-0.25, -0.2) is 13.8 Å². The molecular formula is C31H25F5N4O3. The monoisotopic (exact) mass is 596 g/mol. The molecule has 0 aliphatic heterocycles. The van der Waals surface area contributed by atoms with Gasteiger partial charge in [0.15, 0.2) is 0 Å². The molecule has 0 radical (unpaired) electrons. The molecule has 0 bridgehead atoms. The number of alkyl halides is 3. The number of fused-ring (bicyclic) bond motifs is 1. The Kier molecular flexibility index (Phi) is 7.69. The van der Waals surface area contributed by atoms with E-state index in [4.69, 9.17) is 4.42 Å². The van der Waals surface area contributed by atoms with Gasteiger partial charge in [0, 0.05) is 30.2 Å². The predicted molar refractivity (Wildman–Crippen MR) is 147 cm³/mol. The Hall–Kier alpha value is -4.79. The SMILES string of the molecule is CNC(=O)c1c(-c2ccc(F)cc2)oc2nc(CCC(F)(F)F)c(-c3cc(F)cc(C(=O)NC(C)(C#N)C4CC4)c3)cc12. The number of halogens is 5. The molecule has 2 N–H and O–H groups in total. The van der Waals surface area contributed by atoms with Crippen LogP contribution in [0.4, 0.5) is 22.0 Å². The molecule has 12 heteroatoms. The van der Waals surface area contributed by atoms with E-state index in [1.54, 1.807) is 6.92 Å². The molecule has 43 heavy (non-hydrogen) atoms. The fraction of sp³-hybridized carbons (Fsp3) is 0.290. The van der Waals surface area contributed by atoms with Crippen LogP contribution in [0.3, 0.4) is 0 Å². The Morgan fingerprint density at radius 1 is 1.02 bits per heavy atom. The van der Waals surface area contributed by atoms with Crippen LogP contribution in [0.25, 0.3) is 33.6 Å². The van der Waals surface area contributed by atoms with Crippen LogP contribution in [0.1, 0.15) is 52.6 Å². The van der Waals surface area contributed by atoms with Crippen LogP contribution in [0.5, 0.6) is 0 Å². The number of carbonyl (C=O) groups excluding carboxylic acids is 2. The lowest BCUT2D eigenvalue weighted by molar-refractivity contribution is -0.134. The molecule has 222 valence electrons. The molecule has 1 unspecified atom stereocenters. The number of nitrogens with one attached hydrogen (secondary N) is 2. The van der Waals surface area contributed by atoms with E-state index in [0.29, 0.717) is 5.56 Å². The molecule has 2 amide bonds. The van der Waals surface area contributed by atoms with E-state index in [9.17, 15) is 36.8 Å². The number of aromatic nitrogens is 1. The first-order valence-corrected chi connectivity index (χ1v) is 13.4. The van der Waals surface area contributed by atoms with E-state index >= 15 is 0 Å². The first-order chi connectivity index (χ1) is 20.3. The van der Waals surface area contributed by atoms with E-state index in [1.165, 1.54) is 31.3 Å². The third kappa shape index (κ3) is 6.21. The minimum Gasteiger partial charge on any atom is -0.437 e. The summed E-state index contributed by atoms with van der Waals surface area (Å²) in [5.74, 6) is -2.75. The maximum atomic E-state index is 14.9. The Morgan fingerprint density at radius 2 is 1.72 bits per heavy atom. The summed E-state index contributed by atoms with van der Waals surface area (Å²) in [7, 11) is 1.37. The van der Waals surface area contributed by atoms with Gasteiger partial charge < -0.3 is 15.1 Å². The molecular weight excluding hydrogens is 571 g/mol. The van der Waals surface area contributed by atoms with Gasteiger partial charge in [-0.05, 0) is 86.2 Å². The lowest BCUT2D eigenvalue weighted by Gasteiger charge is -2.23. The molecule has 1 atom stereocenters. The smallest absolute Gasteiger partial charge is 0.389 e. The Labute approximate surface area is 242 Å². The predicted octanol–water partition coefficient (Wildman–Crippen LogP) is 6.72. The number of pyridine rings is 1. The summed E-state index contributed by atoms with van der Waals surface area (Å²) < 4.78 is 74.2. The molecule has 4 aromatic rings. The zero-order valence-electron chi connectivity index (χ0n) is 23.0. The summed E-state index contributed by atoms with van der Waals surface area (Å²) in [6.45, 7) is 1.58. The van der Waals surface area contributed by atoms with Crippen LogP contribution in [0, 0.1) is 28.9 Å². The van der Waals surface area contributed by atoms with Crippen LogP contribution in [-0.2, 0) is 6.42 Å². The third-order valence-corrected chi connectivity index (χ3v) is 7.44. The summed E-state index contributed by atoms with van der Waals surface area (Å²) in [5, 5.41) is 14.9. The highest BCUT2D eigenvalue weighted by Gasteiger charge is 2.43. The maximum Gasteiger partial charge on any atom is 0.389 e. The second-order valence-corrected chi connectivity index (χ2v) is 10.6. The number of amides is 2. The van der Waals surface area contributed by atoms with Gasteiger partial charge >= 0.3 is 6.18 Å². The number of nitriles is 1. The van der Waals surface area contributed by atoms with Crippen molar-refractivity contribution in [1.82, 2.24) is 15.6 Å². The van der Waals surface area contributed by atoms with Gasteiger partial charge in [-0.15, -0.1) is 0 Å². The summed E-state index contributed by atoms with van der Waals surface area (Å²) in [6.07, 6.45) is -4.89. The minimum absolute atomic E-state index is 0.0101. The second-order valence-electron chi connectivity index (χ2n) is 10.6. The second kappa shape index (κ2) is 11.1. The summed E-state index contributed by atoms with van der Waals surface area (Å²) in [4.78, 5) is 30.4. The highest BCUT2D eigenvalue weighted by atomic mass is 19.4. The first kappa shape index (κ1) is 29.7. The lowest BCUT2D eigenvalue weighted by atomic mass is 9.95. The lowest BCUT2D eigenvalue weighted by Crippen LogP contribution is -2.46. The van der Waals surface area contributed by atoms with Crippen molar-refractivity contribution in [3.8, 4) is 28.5 Å². The van der Waals surface area contributed by atoms with Crippen molar-refractivity contribution in [2.45, 2.75) is 44.3 Å². The molecule has 0 spiro atoms. The Balaban J connectivity index is 1.68. The third-order valence-electron chi connectivity index (χ3n) is 7.44. The number of hydrogen-bond donors (Lipinski definition) is 2. The number of carbonyl (C=O) groups is 2. The largest absolute Gasteiger partial charge is 0.437 e. The summed E-state index contributed by atoms with van der Waals surface area (Å²) in [5.41, 5.74) is -1.18. The average Bonchev–Trinajstić information content (AvgIpc) is 3.76. The molecule has 2 heterocycles. The van der Waals surface area contributed by atoms with Gasteiger partial charge in [0.05, 0.1) is 22.7 Å². The molecule has 1 aliphatic carbocycles. The number of nitrogens with zero attached hydrogens (tertiary/aromatic N) is 2. The first-order valence-electron chi connectivity index (χ1n) is 13.4. The van der Waals surface area contributed by atoms with Gasteiger partial charge in [0.1, 0.15) is 22.9 Å². The van der Waals surface area contributed by atoms with E-state index in [0.717, 1.165) is 37.1 Å². The van der Waals surface area contributed by atoms with Crippen molar-refractivity contribution in [2.24, 2.45) is 5.92 Å². The zero-order valence-corrected chi connectivity index (χ0v) is 23.0. The number of aryl methyl sites for hydroxylation is 1. The van der Waals surface area contributed by atoms with Crippen molar-refractivity contribution in [1.29, 1.82) is 5.26 Å². The molecule has 0 saturated heterocycles. The minimum atomic E-state index is -4.54. The summed E-state index contributed by atoms with van der Waals surface area (Å²) >= 11 is 0. The van der Waals surface area contributed by atoms with Crippen LogP contribution in [0.2, 0.25) is 0 Å². The van der Waals surface area contributed by atoms with Crippen molar-refractivity contribution >= 4 is 22.9 Å². The van der Waals surface area contributed by atoms with Gasteiger partial charge in [-0.2, -0.15) is 18.4 Å². The van der Waals surface area contributed by atoms with Crippen LogP contribution >= 0.6 is 0 Å². The van der Waals surface area contributed by atoms with Crippen LogP contribution < -0.4 is 10.6 Å². The van der Waals surface area contributed by atoms with Crippen molar-refractivity contribution in [3.05, 3.63) is 77.0 Å². The fourth-order valence-electron chi connectivity index (χ4n) is 4.98. The van der Waals surface area contributed by atoms with Crippen molar-refractivity contribution in [3.63, 3.8) is 0 Å². The molecule has 1 saturated carbocycles. The van der Waals surface area contributed by atoms with E-state index in [-0.39, 0.29) is 50.7 Å². The average molecular weight is 597 g/mol. The van der Waals surface area contributed by atoms with E-state index in [1.807, 2.05) is 0 Å². The molecule has 1 aliphatic rings. The number of benzene rings is 2. The normalized spacial score (nSPS) is 14.7. The summed E-state index contributed by atoms with van der Waals surface area (Å²) in [6, 6.07) is 11.8. The van der Waals surface area contributed by atoms with Gasteiger partial charge in [0.25, 0.3) is 11.8 Å². The van der Waals surface area contributed by atoms with Crippen LogP contribution in [0.15, 0.2) is 52.9 Å². The highest BCUT2D eigenvalue weighted by Crippen LogP contribution is 2.40. The standard InChI is InChI=1S/C31H25F5N4O3/c1-30(15-37,19-5-6-19)40-27(41)18-11-17(12-21(33)13-18)22-14-23-25(28(42)38-2)26(16-3-7-20(32)8-4-16)43-29(23)39-24(22)9-10-31(34,35)36/h3-4,7-8,11-14,19H,5-6,9-10H2,1-2H3,(H,38,42)(H,40,41). The van der Waals surface area contributed by atoms with Crippen molar-refractivity contribution < 1.29 is 36.0 Å². The molecule has 2 aromatic carbocycles. The topological polar surface area (TPSA) is 108 Å². The molecule has 5 rings (SSSR count).